The molecule has 0 spiro atoms. The highest BCUT2D eigenvalue weighted by molar-refractivity contribution is 7.21. The summed E-state index contributed by atoms with van der Waals surface area (Å²) in [6.07, 6.45) is 0. The second kappa shape index (κ2) is 7.99. The van der Waals surface area contributed by atoms with Gasteiger partial charge >= 0.3 is 11.3 Å². The van der Waals surface area contributed by atoms with Gasteiger partial charge in [-0.15, -0.1) is 11.3 Å². The Labute approximate surface area is 189 Å². The average molecular weight is 463 g/mol. The van der Waals surface area contributed by atoms with Crippen molar-refractivity contribution in [3.05, 3.63) is 87.5 Å². The van der Waals surface area contributed by atoms with Crippen LogP contribution in [0.1, 0.15) is 15.4 Å². The van der Waals surface area contributed by atoms with Gasteiger partial charge in [0.2, 0.25) is 5.69 Å². The number of anilines is 1. The van der Waals surface area contributed by atoms with Crippen molar-refractivity contribution in [2.45, 2.75) is 0 Å². The number of carbonyl (C=O) groups excluding carboxylic acids is 1. The Morgan fingerprint density at radius 3 is 2.55 bits per heavy atom. The molecule has 8 nitrogen and oxygen atoms in total. The summed E-state index contributed by atoms with van der Waals surface area (Å²) in [5.74, 6) is -0.317. The van der Waals surface area contributed by atoms with Crippen molar-refractivity contribution in [2.24, 2.45) is 0 Å². The van der Waals surface area contributed by atoms with Gasteiger partial charge in [-0.2, -0.15) is 0 Å². The van der Waals surface area contributed by atoms with Gasteiger partial charge in [0.05, 0.1) is 18.5 Å². The minimum absolute atomic E-state index is 0.169. The quantitative estimate of drug-likeness (QED) is 0.305. The van der Waals surface area contributed by atoms with Gasteiger partial charge in [-0.05, 0) is 58.5 Å². The summed E-state index contributed by atoms with van der Waals surface area (Å²) in [6.45, 7) is 0. The SMILES string of the molecule is COc1ccc(-[n+]2[nH]oc(=O)c2C(=O)c2sc3nc(-c4ccc(F)cc4)ccc3c2N)cc1. The van der Waals surface area contributed by atoms with Gasteiger partial charge in [-0.25, -0.2) is 14.2 Å². The summed E-state index contributed by atoms with van der Waals surface area (Å²) in [7, 11) is 1.54. The van der Waals surface area contributed by atoms with Crippen LogP contribution in [0.15, 0.2) is 70.0 Å². The van der Waals surface area contributed by atoms with Crippen molar-refractivity contribution in [2.75, 3.05) is 12.8 Å². The van der Waals surface area contributed by atoms with Crippen molar-refractivity contribution in [3.8, 4) is 22.7 Å². The first-order valence-corrected chi connectivity index (χ1v) is 10.6. The molecule has 0 saturated carbocycles. The van der Waals surface area contributed by atoms with Crippen LogP contribution < -0.4 is 20.8 Å². The van der Waals surface area contributed by atoms with Crippen molar-refractivity contribution < 1.29 is 23.1 Å². The summed E-state index contributed by atoms with van der Waals surface area (Å²) in [5.41, 5.74) is 7.27. The van der Waals surface area contributed by atoms with Gasteiger partial charge < -0.3 is 10.5 Å². The van der Waals surface area contributed by atoms with Crippen molar-refractivity contribution >= 4 is 33.0 Å². The predicted molar refractivity (Wildman–Crippen MR) is 120 cm³/mol. The number of thiophene rings is 1. The summed E-state index contributed by atoms with van der Waals surface area (Å²) in [5, 5.41) is 3.04. The van der Waals surface area contributed by atoms with E-state index < -0.39 is 11.4 Å². The van der Waals surface area contributed by atoms with Gasteiger partial charge in [0.1, 0.15) is 21.3 Å². The first-order valence-electron chi connectivity index (χ1n) is 9.74. The lowest BCUT2D eigenvalue weighted by Crippen LogP contribution is -2.41. The van der Waals surface area contributed by atoms with E-state index in [0.29, 0.717) is 27.3 Å². The molecule has 33 heavy (non-hydrogen) atoms. The van der Waals surface area contributed by atoms with Crippen LogP contribution in [0.5, 0.6) is 5.75 Å². The summed E-state index contributed by atoms with van der Waals surface area (Å²) >= 11 is 1.07. The van der Waals surface area contributed by atoms with Crippen molar-refractivity contribution in [1.82, 2.24) is 10.3 Å². The van der Waals surface area contributed by atoms with Crippen molar-refractivity contribution in [1.29, 1.82) is 0 Å². The molecule has 3 heterocycles. The number of fused-ring (bicyclic) bond motifs is 1. The van der Waals surface area contributed by atoms with E-state index in [2.05, 4.69) is 10.3 Å². The second-order valence-electron chi connectivity index (χ2n) is 7.09. The first-order chi connectivity index (χ1) is 16.0. The van der Waals surface area contributed by atoms with Crippen LogP contribution in [-0.4, -0.2) is 23.1 Å². The topological polar surface area (TPSA) is 115 Å². The highest BCUT2D eigenvalue weighted by atomic mass is 32.1. The molecule has 0 amide bonds. The predicted octanol–water partition coefficient (Wildman–Crippen LogP) is 3.48. The monoisotopic (exact) mass is 463 g/mol. The molecule has 10 heteroatoms. The van der Waals surface area contributed by atoms with E-state index >= 15 is 0 Å². The Hall–Kier alpha value is -4.31. The minimum Gasteiger partial charge on any atom is -0.497 e. The number of hydrogen-bond donors (Lipinski definition) is 2. The van der Waals surface area contributed by atoms with Gasteiger partial charge in [0.25, 0.3) is 5.78 Å². The fourth-order valence-corrected chi connectivity index (χ4v) is 4.47. The number of methoxy groups -OCH3 is 1. The Bertz CT molecular complexity index is 1550. The van der Waals surface area contributed by atoms with Gasteiger partial charge in [-0.1, -0.05) is 0 Å². The molecule has 0 unspecified atom stereocenters. The number of rotatable bonds is 5. The average Bonchev–Trinajstić information content (AvgIpc) is 3.38. The first kappa shape index (κ1) is 20.6. The third-order valence-electron chi connectivity index (χ3n) is 5.13. The molecule has 0 aliphatic carbocycles. The fourth-order valence-electron chi connectivity index (χ4n) is 3.43. The van der Waals surface area contributed by atoms with Crippen LogP contribution in [0.2, 0.25) is 0 Å². The highest BCUT2D eigenvalue weighted by Crippen LogP contribution is 2.35. The maximum Gasteiger partial charge on any atom is 0.439 e. The van der Waals surface area contributed by atoms with E-state index in [1.807, 2.05) is 0 Å². The standard InChI is InChI=1S/C23H15FN4O4S/c1-31-15-8-6-14(7-9-15)28-19(23(30)32-27-28)20(29)21-18(25)16-10-11-17(26-22(16)33-21)12-2-4-13(24)5-3-12/h2-11H,1H3,(H2-,25,27,29,30)/p+1. The van der Waals surface area contributed by atoms with E-state index in [4.69, 9.17) is 15.0 Å². The zero-order valence-corrected chi connectivity index (χ0v) is 18.0. The summed E-state index contributed by atoms with van der Waals surface area (Å²) < 4.78 is 24.5. The molecule has 2 aromatic carbocycles. The van der Waals surface area contributed by atoms with Crippen LogP contribution in [0.4, 0.5) is 10.1 Å². The molecular weight excluding hydrogens is 447 g/mol. The van der Waals surface area contributed by atoms with E-state index in [1.54, 1.807) is 48.5 Å². The van der Waals surface area contributed by atoms with E-state index in [9.17, 15) is 14.0 Å². The van der Waals surface area contributed by atoms with Crippen LogP contribution in [0.25, 0.3) is 27.2 Å². The Balaban J connectivity index is 1.58. The number of benzene rings is 2. The largest absolute Gasteiger partial charge is 0.497 e. The zero-order valence-electron chi connectivity index (χ0n) is 17.2. The third-order valence-corrected chi connectivity index (χ3v) is 6.25. The molecule has 164 valence electrons. The lowest BCUT2D eigenvalue weighted by molar-refractivity contribution is -0.672. The number of ether oxygens (including phenoxy) is 1. The number of nitrogens with one attached hydrogen (secondary N) is 1. The van der Waals surface area contributed by atoms with Crippen LogP contribution in [0, 0.1) is 5.82 Å². The van der Waals surface area contributed by atoms with Crippen LogP contribution in [0.3, 0.4) is 0 Å². The maximum absolute atomic E-state index is 13.4. The number of nitrogen functional groups attached to an aromatic ring is 1. The number of nitrogens with two attached hydrogens (primary N) is 1. The molecule has 3 N–H and O–H groups in total. The lowest BCUT2D eigenvalue weighted by atomic mass is 10.1. The third kappa shape index (κ3) is 3.56. The lowest BCUT2D eigenvalue weighted by Gasteiger charge is -2.01. The van der Waals surface area contributed by atoms with Crippen LogP contribution >= 0.6 is 11.3 Å². The van der Waals surface area contributed by atoms with Gasteiger partial charge in [0.15, 0.2) is 0 Å². The highest BCUT2D eigenvalue weighted by Gasteiger charge is 2.34. The summed E-state index contributed by atoms with van der Waals surface area (Å²) in [4.78, 5) is 31.0. The molecular formula is C23H16FN4O4S+. The Kier molecular flexibility index (Phi) is 4.98. The minimum atomic E-state index is -0.826. The second-order valence-corrected chi connectivity index (χ2v) is 8.09. The molecule has 0 atom stereocenters. The van der Waals surface area contributed by atoms with E-state index in [-0.39, 0.29) is 22.1 Å². The fraction of sp³-hybridized carbons (Fsp3) is 0.0435. The molecule has 0 aliphatic rings. The molecule has 0 fully saturated rings. The summed E-state index contributed by atoms with van der Waals surface area (Å²) in [6, 6.07) is 16.2. The smallest absolute Gasteiger partial charge is 0.439 e. The number of carbonyl (C=O) groups is 1. The van der Waals surface area contributed by atoms with Gasteiger partial charge in [-0.3, -0.25) is 9.32 Å². The molecule has 5 rings (SSSR count). The van der Waals surface area contributed by atoms with E-state index in [0.717, 1.165) is 16.9 Å². The van der Waals surface area contributed by atoms with E-state index in [1.165, 1.54) is 23.9 Å². The van der Waals surface area contributed by atoms with Crippen molar-refractivity contribution in [3.63, 3.8) is 0 Å². The maximum atomic E-state index is 13.4. The molecule has 5 aromatic rings. The molecule has 0 bridgehead atoms. The number of H-pyrrole nitrogens is 1. The number of hydrogen-bond acceptors (Lipinski definition) is 7. The molecule has 0 aliphatic heterocycles. The number of ketones is 1. The number of aromatic amines is 1. The number of halogens is 1. The van der Waals surface area contributed by atoms with Crippen LogP contribution in [-0.2, 0) is 0 Å². The number of aromatic nitrogens is 3. The van der Waals surface area contributed by atoms with Gasteiger partial charge in [0, 0.05) is 23.1 Å². The molecule has 0 radical (unpaired) electrons. The molecule has 3 aromatic heterocycles. The zero-order chi connectivity index (χ0) is 23.1. The number of pyridine rings is 1. The molecule has 0 saturated heterocycles. The number of nitrogens with zero attached hydrogens (tertiary/aromatic N) is 2. The normalized spacial score (nSPS) is 11.1. The Morgan fingerprint density at radius 1 is 1.12 bits per heavy atom. The Morgan fingerprint density at radius 2 is 1.85 bits per heavy atom.